The molecular weight excluding hydrogens is 128 g/mol. The SMILES string of the molecule is [O-][OH+][CH-]Cc1ccccc1. The van der Waals surface area contributed by atoms with Crippen molar-refractivity contribution >= 4 is 0 Å². The first kappa shape index (κ1) is 7.25. The van der Waals surface area contributed by atoms with Crippen LogP contribution in [0, 0.1) is 6.61 Å². The molecule has 0 amide bonds. The van der Waals surface area contributed by atoms with Crippen LogP contribution >= 0.6 is 0 Å². The molecule has 0 fully saturated rings. The van der Waals surface area contributed by atoms with E-state index in [2.05, 4.69) is 4.89 Å². The van der Waals surface area contributed by atoms with Gasteiger partial charge in [0.2, 0.25) is 0 Å². The van der Waals surface area contributed by atoms with Gasteiger partial charge in [0.15, 0.2) is 0 Å². The Kier molecular flexibility index (Phi) is 2.93. The molecule has 0 aliphatic rings. The lowest BCUT2D eigenvalue weighted by atomic mass is 10.2. The van der Waals surface area contributed by atoms with Crippen molar-refractivity contribution in [1.82, 2.24) is 0 Å². The topological polar surface area (TPSA) is 35.9 Å². The van der Waals surface area contributed by atoms with Gasteiger partial charge in [0.25, 0.3) is 0 Å². The van der Waals surface area contributed by atoms with Gasteiger partial charge in [-0.05, 0) is 6.61 Å². The Morgan fingerprint density at radius 1 is 1.30 bits per heavy atom. The van der Waals surface area contributed by atoms with Gasteiger partial charge >= 0.3 is 0 Å². The Labute approximate surface area is 60.0 Å². The van der Waals surface area contributed by atoms with Gasteiger partial charge in [0.1, 0.15) is 0 Å². The number of hydrogen-bond donors (Lipinski definition) is 0. The van der Waals surface area contributed by atoms with Crippen LogP contribution in [0.5, 0.6) is 0 Å². The zero-order valence-corrected chi connectivity index (χ0v) is 5.53. The summed E-state index contributed by atoms with van der Waals surface area (Å²) >= 11 is 0. The van der Waals surface area contributed by atoms with Crippen molar-refractivity contribution in [3.63, 3.8) is 0 Å². The average Bonchev–Trinajstić information content (AvgIpc) is 2.03. The van der Waals surface area contributed by atoms with E-state index in [1.807, 2.05) is 30.3 Å². The predicted octanol–water partition coefficient (Wildman–Crippen LogP) is 0.760. The normalized spacial score (nSPS) is 9.70. The second kappa shape index (κ2) is 4.04. The Morgan fingerprint density at radius 2 is 2.00 bits per heavy atom. The average molecular weight is 137 g/mol. The summed E-state index contributed by atoms with van der Waals surface area (Å²) in [5, 5.41) is 9.67. The minimum Gasteiger partial charge on any atom is -0.587 e. The predicted molar refractivity (Wildman–Crippen MR) is 37.1 cm³/mol. The van der Waals surface area contributed by atoms with Crippen molar-refractivity contribution in [2.24, 2.45) is 0 Å². The fourth-order valence-corrected chi connectivity index (χ4v) is 0.757. The summed E-state index contributed by atoms with van der Waals surface area (Å²) < 4.78 is 0. The zero-order chi connectivity index (χ0) is 7.23. The Bertz CT molecular complexity index is 172. The lowest BCUT2D eigenvalue weighted by Gasteiger charge is -2.09. The molecule has 10 heavy (non-hydrogen) atoms. The van der Waals surface area contributed by atoms with Crippen LogP contribution in [-0.2, 0) is 6.42 Å². The lowest BCUT2D eigenvalue weighted by Crippen LogP contribution is -2.09. The third-order valence-electron chi connectivity index (χ3n) is 1.24. The molecule has 0 saturated carbocycles. The van der Waals surface area contributed by atoms with Crippen LogP contribution in [0.1, 0.15) is 5.56 Å². The van der Waals surface area contributed by atoms with Gasteiger partial charge in [0, 0.05) is 0 Å². The molecule has 0 unspecified atom stereocenters. The quantitative estimate of drug-likeness (QED) is 0.262. The van der Waals surface area contributed by atoms with Crippen LogP contribution in [-0.4, -0.2) is 4.89 Å². The highest BCUT2D eigenvalue weighted by Gasteiger charge is 1.82. The number of aliphatic hydroxyl groups is 1. The van der Waals surface area contributed by atoms with Crippen LogP contribution in [0.3, 0.4) is 0 Å². The summed E-state index contributed by atoms with van der Waals surface area (Å²) in [5.41, 5.74) is 1.11. The second-order valence-corrected chi connectivity index (χ2v) is 1.98. The maximum atomic E-state index is 9.67. The third kappa shape index (κ3) is 2.17. The van der Waals surface area contributed by atoms with E-state index in [0.717, 1.165) is 5.56 Å². The van der Waals surface area contributed by atoms with Crippen LogP contribution in [0.15, 0.2) is 30.3 Å². The molecule has 1 rings (SSSR count). The van der Waals surface area contributed by atoms with Gasteiger partial charge in [-0.1, -0.05) is 42.3 Å². The Balaban J connectivity index is 2.43. The van der Waals surface area contributed by atoms with Crippen LogP contribution < -0.4 is 5.26 Å². The molecule has 0 aliphatic carbocycles. The van der Waals surface area contributed by atoms with Gasteiger partial charge in [-0.3, -0.25) is 0 Å². The smallest absolute Gasteiger partial charge is 0.0426 e. The fraction of sp³-hybridized carbons (Fsp3) is 0.125. The van der Waals surface area contributed by atoms with Gasteiger partial charge in [-0.25, -0.2) is 0 Å². The number of rotatable bonds is 3. The highest BCUT2D eigenvalue weighted by molar-refractivity contribution is 5.15. The van der Waals surface area contributed by atoms with Crippen molar-refractivity contribution in [1.29, 1.82) is 0 Å². The van der Waals surface area contributed by atoms with Crippen LogP contribution in [0.4, 0.5) is 0 Å². The molecule has 0 heterocycles. The largest absolute Gasteiger partial charge is 0.587 e. The first-order valence-corrected chi connectivity index (χ1v) is 3.11. The Morgan fingerprint density at radius 3 is 2.60 bits per heavy atom. The van der Waals surface area contributed by atoms with Crippen molar-refractivity contribution in [3.05, 3.63) is 42.5 Å². The van der Waals surface area contributed by atoms with Crippen molar-refractivity contribution in [2.45, 2.75) is 6.42 Å². The second-order valence-electron chi connectivity index (χ2n) is 1.98. The van der Waals surface area contributed by atoms with Gasteiger partial charge in [-0.2, -0.15) is 0 Å². The summed E-state index contributed by atoms with van der Waals surface area (Å²) in [6.07, 6.45) is 0.629. The third-order valence-corrected chi connectivity index (χ3v) is 1.24. The molecule has 1 aromatic rings. The van der Waals surface area contributed by atoms with Crippen molar-refractivity contribution in [3.8, 4) is 0 Å². The number of hydrogen-bond acceptors (Lipinski definition) is 1. The van der Waals surface area contributed by atoms with E-state index in [4.69, 9.17) is 0 Å². The van der Waals surface area contributed by atoms with Crippen LogP contribution in [0.25, 0.3) is 0 Å². The molecule has 1 aromatic carbocycles. The summed E-state index contributed by atoms with van der Waals surface area (Å²) in [7, 11) is 0. The summed E-state index contributed by atoms with van der Waals surface area (Å²) in [5.74, 6) is 0. The van der Waals surface area contributed by atoms with Crippen LogP contribution in [0.2, 0.25) is 0 Å². The molecule has 2 nitrogen and oxygen atoms in total. The first-order valence-electron chi connectivity index (χ1n) is 3.11. The molecule has 0 saturated heterocycles. The van der Waals surface area contributed by atoms with E-state index in [-0.39, 0.29) is 0 Å². The number of benzene rings is 1. The summed E-state index contributed by atoms with van der Waals surface area (Å²) in [4.78, 5) is 2.66. The summed E-state index contributed by atoms with van der Waals surface area (Å²) in [6.45, 7) is 1.36. The molecule has 0 atom stereocenters. The first-order chi connectivity index (χ1) is 4.93. The molecule has 0 radical (unpaired) electrons. The van der Waals surface area contributed by atoms with E-state index in [0.29, 0.717) is 6.42 Å². The van der Waals surface area contributed by atoms with E-state index in [1.165, 1.54) is 6.61 Å². The van der Waals surface area contributed by atoms with Crippen molar-refractivity contribution < 1.29 is 10.1 Å². The highest BCUT2D eigenvalue weighted by Crippen LogP contribution is 1.99. The van der Waals surface area contributed by atoms with Gasteiger partial charge < -0.3 is 10.1 Å². The zero-order valence-electron chi connectivity index (χ0n) is 5.53. The molecule has 2 heteroatoms. The minimum absolute atomic E-state index is 0.629. The molecule has 0 aliphatic heterocycles. The molecule has 54 valence electrons. The fourth-order valence-electron chi connectivity index (χ4n) is 0.757. The van der Waals surface area contributed by atoms with E-state index in [1.54, 1.807) is 0 Å². The summed E-state index contributed by atoms with van der Waals surface area (Å²) in [6, 6.07) is 9.74. The van der Waals surface area contributed by atoms with Gasteiger partial charge in [-0.15, -0.1) is 0 Å². The maximum Gasteiger partial charge on any atom is -0.0426 e. The Hall–Kier alpha value is -0.860. The van der Waals surface area contributed by atoms with Crippen molar-refractivity contribution in [2.75, 3.05) is 0 Å². The molecule has 0 spiro atoms. The molecule has 0 aromatic heterocycles. The monoisotopic (exact) mass is 137 g/mol. The lowest BCUT2D eigenvalue weighted by molar-refractivity contribution is -0.761. The molecular formula is C8H9O2-. The molecule has 1 N–H and O–H groups in total. The maximum absolute atomic E-state index is 9.67. The minimum atomic E-state index is 0.629. The van der Waals surface area contributed by atoms with E-state index >= 15 is 0 Å². The van der Waals surface area contributed by atoms with Gasteiger partial charge in [0.05, 0.1) is 0 Å². The van der Waals surface area contributed by atoms with E-state index < -0.39 is 0 Å². The highest BCUT2D eigenvalue weighted by atomic mass is 17.1. The standard InChI is InChI=1S/C8H9O2/c9-10-7-6-8-4-2-1-3-5-8/h1-5,7,10H,6H2/q-1. The van der Waals surface area contributed by atoms with E-state index in [9.17, 15) is 5.26 Å². The molecule has 0 bridgehead atoms.